The van der Waals surface area contributed by atoms with Gasteiger partial charge in [0.05, 0.1) is 0 Å². The number of amides is 2. The summed E-state index contributed by atoms with van der Waals surface area (Å²) in [5, 5.41) is 6.20. The zero-order chi connectivity index (χ0) is 15.8. The molecule has 1 fully saturated rings. The van der Waals surface area contributed by atoms with E-state index in [1.807, 2.05) is 0 Å². The Balaban J connectivity index is 1.80. The maximum Gasteiger partial charge on any atom is 0.245 e. The van der Waals surface area contributed by atoms with Crippen molar-refractivity contribution in [2.45, 2.75) is 38.5 Å². The molecule has 1 aromatic heterocycles. The maximum absolute atomic E-state index is 12.3. The molecule has 1 heterocycles. The van der Waals surface area contributed by atoms with Gasteiger partial charge in [0, 0.05) is 19.0 Å². The van der Waals surface area contributed by atoms with E-state index in [9.17, 15) is 9.59 Å². The molecule has 120 valence electrons. The summed E-state index contributed by atoms with van der Waals surface area (Å²) in [6.45, 7) is 4.02. The lowest BCUT2D eigenvalue weighted by Gasteiger charge is -2.21. The van der Waals surface area contributed by atoms with Crippen LogP contribution in [-0.4, -0.2) is 35.0 Å². The van der Waals surface area contributed by atoms with Gasteiger partial charge in [0.15, 0.2) is 5.82 Å². The summed E-state index contributed by atoms with van der Waals surface area (Å²) in [6, 6.07) is 1.55. The van der Waals surface area contributed by atoms with Gasteiger partial charge in [-0.25, -0.2) is 0 Å². The molecule has 2 amide bonds. The van der Waals surface area contributed by atoms with Crippen molar-refractivity contribution in [2.75, 3.05) is 18.4 Å². The van der Waals surface area contributed by atoms with Crippen molar-refractivity contribution in [2.24, 2.45) is 5.92 Å². The molecule has 0 spiro atoms. The number of nitrogens with zero attached hydrogens (tertiary/aromatic N) is 2. The zero-order valence-electron chi connectivity index (χ0n) is 12.8. The lowest BCUT2D eigenvalue weighted by molar-refractivity contribution is -0.134. The third-order valence-corrected chi connectivity index (χ3v) is 3.98. The molecule has 6 nitrogen and oxygen atoms in total. The number of carbonyl (C=O) groups is 2. The van der Waals surface area contributed by atoms with E-state index in [0.29, 0.717) is 24.7 Å². The third-order valence-electron chi connectivity index (χ3n) is 3.98. The average Bonchev–Trinajstić information content (AvgIpc) is 3.17. The normalized spacial score (nSPS) is 14.7. The lowest BCUT2D eigenvalue weighted by atomic mass is 10.0. The molecular weight excluding hydrogens is 282 g/mol. The van der Waals surface area contributed by atoms with Crippen LogP contribution < -0.4 is 5.32 Å². The Morgan fingerprint density at radius 3 is 2.86 bits per heavy atom. The molecule has 0 aromatic carbocycles. The Morgan fingerprint density at radius 2 is 2.23 bits per heavy atom. The highest BCUT2D eigenvalue weighted by Gasteiger charge is 2.20. The smallest absolute Gasteiger partial charge is 0.245 e. The average molecular weight is 305 g/mol. The topological polar surface area (TPSA) is 75.4 Å². The van der Waals surface area contributed by atoms with E-state index in [1.54, 1.807) is 12.1 Å². The zero-order valence-corrected chi connectivity index (χ0v) is 12.8. The summed E-state index contributed by atoms with van der Waals surface area (Å²) in [6.07, 6.45) is 9.42. The largest absolute Gasteiger partial charge is 0.363 e. The third kappa shape index (κ3) is 5.02. The van der Waals surface area contributed by atoms with Crippen LogP contribution in [0, 0.1) is 5.92 Å². The van der Waals surface area contributed by atoms with Crippen LogP contribution in [-0.2, 0) is 9.59 Å². The van der Waals surface area contributed by atoms with E-state index < -0.39 is 0 Å². The summed E-state index contributed by atoms with van der Waals surface area (Å²) in [7, 11) is 0. The Hall–Kier alpha value is -2.11. The number of nitrogens with one attached hydrogen (secondary N) is 1. The molecular formula is C16H23N3O3. The summed E-state index contributed by atoms with van der Waals surface area (Å²) >= 11 is 0. The predicted molar refractivity (Wildman–Crippen MR) is 83.1 cm³/mol. The summed E-state index contributed by atoms with van der Waals surface area (Å²) in [5.74, 6) is 0.729. The summed E-state index contributed by atoms with van der Waals surface area (Å²) < 4.78 is 4.65. The van der Waals surface area contributed by atoms with Crippen molar-refractivity contribution in [1.82, 2.24) is 10.1 Å². The van der Waals surface area contributed by atoms with Crippen LogP contribution in [0.2, 0.25) is 0 Å². The predicted octanol–water partition coefficient (Wildman–Crippen LogP) is 2.60. The highest BCUT2D eigenvalue weighted by Crippen LogP contribution is 2.28. The van der Waals surface area contributed by atoms with E-state index in [1.165, 1.54) is 36.8 Å². The fraction of sp³-hybridized carbons (Fsp3) is 0.562. The fourth-order valence-electron chi connectivity index (χ4n) is 2.83. The molecule has 0 saturated heterocycles. The Kier molecular flexibility index (Phi) is 6.18. The van der Waals surface area contributed by atoms with Crippen LogP contribution in [0.4, 0.5) is 5.82 Å². The van der Waals surface area contributed by atoms with Crippen LogP contribution in [0.5, 0.6) is 0 Å². The van der Waals surface area contributed by atoms with Crippen LogP contribution in [0.1, 0.15) is 38.5 Å². The molecule has 22 heavy (non-hydrogen) atoms. The summed E-state index contributed by atoms with van der Waals surface area (Å²) in [4.78, 5) is 25.8. The first-order valence-electron chi connectivity index (χ1n) is 7.78. The molecule has 1 aliphatic carbocycles. The van der Waals surface area contributed by atoms with E-state index in [4.69, 9.17) is 0 Å². The number of carbonyl (C=O) groups excluding carboxylic acids is 2. The van der Waals surface area contributed by atoms with Crippen molar-refractivity contribution in [3.8, 4) is 0 Å². The van der Waals surface area contributed by atoms with Crippen molar-refractivity contribution in [3.05, 3.63) is 25.0 Å². The minimum Gasteiger partial charge on any atom is -0.363 e. The van der Waals surface area contributed by atoms with Crippen LogP contribution >= 0.6 is 0 Å². The van der Waals surface area contributed by atoms with Gasteiger partial charge < -0.3 is 14.7 Å². The second kappa shape index (κ2) is 8.36. The number of aromatic nitrogens is 1. The first-order chi connectivity index (χ1) is 10.7. The molecule has 1 aromatic rings. The van der Waals surface area contributed by atoms with Gasteiger partial charge in [-0.05, 0) is 12.3 Å². The fourth-order valence-corrected chi connectivity index (χ4v) is 2.83. The van der Waals surface area contributed by atoms with Gasteiger partial charge in [0.25, 0.3) is 0 Å². The van der Waals surface area contributed by atoms with Crippen molar-refractivity contribution >= 4 is 17.6 Å². The molecule has 0 unspecified atom stereocenters. The van der Waals surface area contributed by atoms with Gasteiger partial charge in [-0.1, -0.05) is 36.9 Å². The molecule has 0 radical (unpaired) electrons. The quantitative estimate of drug-likeness (QED) is 0.749. The molecule has 6 heteroatoms. The van der Waals surface area contributed by atoms with Crippen molar-refractivity contribution in [3.63, 3.8) is 0 Å². The molecule has 1 aliphatic rings. The molecule has 0 bridgehead atoms. The Bertz CT molecular complexity index is 493. The number of hydrogen-bond donors (Lipinski definition) is 1. The SMILES string of the molecule is C=CCN(CC(=O)Nc1ccon1)C(=O)CCC1CCCC1. The molecule has 1 saturated carbocycles. The van der Waals surface area contributed by atoms with E-state index in [2.05, 4.69) is 21.6 Å². The minimum absolute atomic E-state index is 0.00195. The molecule has 0 atom stereocenters. The molecule has 0 aliphatic heterocycles. The standard InChI is InChI=1S/C16H23N3O3/c1-2-10-19(12-15(20)17-14-9-11-22-18-14)16(21)8-7-13-5-3-4-6-13/h2,9,11,13H,1,3-8,10,12H2,(H,17,18,20). The summed E-state index contributed by atoms with van der Waals surface area (Å²) in [5.41, 5.74) is 0. The second-order valence-electron chi connectivity index (χ2n) is 5.68. The van der Waals surface area contributed by atoms with Gasteiger partial charge in [0.1, 0.15) is 12.8 Å². The highest BCUT2D eigenvalue weighted by molar-refractivity contribution is 5.93. The Labute approximate surface area is 130 Å². The van der Waals surface area contributed by atoms with Crippen LogP contribution in [0.15, 0.2) is 29.5 Å². The van der Waals surface area contributed by atoms with Gasteiger partial charge in [-0.2, -0.15) is 0 Å². The minimum atomic E-state index is -0.287. The van der Waals surface area contributed by atoms with Crippen molar-refractivity contribution < 1.29 is 14.1 Å². The molecule has 2 rings (SSSR count). The molecule has 1 N–H and O–H groups in total. The monoisotopic (exact) mass is 305 g/mol. The second-order valence-corrected chi connectivity index (χ2v) is 5.68. The number of rotatable bonds is 8. The van der Waals surface area contributed by atoms with Gasteiger partial charge >= 0.3 is 0 Å². The number of anilines is 1. The van der Waals surface area contributed by atoms with Gasteiger partial charge in [0.2, 0.25) is 11.8 Å². The highest BCUT2D eigenvalue weighted by atomic mass is 16.5. The Morgan fingerprint density at radius 1 is 1.45 bits per heavy atom. The van der Waals surface area contributed by atoms with E-state index >= 15 is 0 Å². The first kappa shape index (κ1) is 16.3. The van der Waals surface area contributed by atoms with E-state index in [-0.39, 0.29) is 18.4 Å². The lowest BCUT2D eigenvalue weighted by Crippen LogP contribution is -2.38. The van der Waals surface area contributed by atoms with Gasteiger partial charge in [-0.3, -0.25) is 9.59 Å². The van der Waals surface area contributed by atoms with Crippen LogP contribution in [0.3, 0.4) is 0 Å². The number of hydrogen-bond acceptors (Lipinski definition) is 4. The van der Waals surface area contributed by atoms with Crippen molar-refractivity contribution in [1.29, 1.82) is 0 Å². The van der Waals surface area contributed by atoms with Crippen LogP contribution in [0.25, 0.3) is 0 Å². The van der Waals surface area contributed by atoms with E-state index in [0.717, 1.165) is 6.42 Å². The van der Waals surface area contributed by atoms with Gasteiger partial charge in [-0.15, -0.1) is 6.58 Å². The maximum atomic E-state index is 12.3. The first-order valence-corrected chi connectivity index (χ1v) is 7.78.